The van der Waals surface area contributed by atoms with Crippen LogP contribution in [0.1, 0.15) is 16.8 Å². The van der Waals surface area contributed by atoms with E-state index in [2.05, 4.69) is 20.2 Å². The molecule has 19 heavy (non-hydrogen) atoms. The maximum atomic E-state index is 12.8. The van der Waals surface area contributed by atoms with Gasteiger partial charge in [0, 0.05) is 6.20 Å². The molecule has 0 bridgehead atoms. The number of aromatic nitrogens is 4. The highest BCUT2D eigenvalue weighted by Crippen LogP contribution is 2.32. The Hall–Kier alpha value is -2.45. The van der Waals surface area contributed by atoms with Crippen LogP contribution in [-0.2, 0) is 6.18 Å². The summed E-state index contributed by atoms with van der Waals surface area (Å²) < 4.78 is 39.3. The summed E-state index contributed by atoms with van der Waals surface area (Å²) in [4.78, 5) is 7.43. The fourth-order valence-electron chi connectivity index (χ4n) is 1.59. The monoisotopic (exact) mass is 271 g/mol. The van der Waals surface area contributed by atoms with Crippen molar-refractivity contribution in [1.82, 2.24) is 19.7 Å². The molecule has 1 N–H and O–H groups in total. The van der Waals surface area contributed by atoms with Crippen molar-refractivity contribution >= 4 is 5.84 Å². The van der Waals surface area contributed by atoms with Gasteiger partial charge < -0.3 is 5.21 Å². The molecule has 0 aliphatic heterocycles. The van der Waals surface area contributed by atoms with E-state index in [0.29, 0.717) is 0 Å². The van der Waals surface area contributed by atoms with Gasteiger partial charge in [-0.25, -0.2) is 4.98 Å². The molecule has 100 valence electrons. The highest BCUT2D eigenvalue weighted by atomic mass is 19.4. The molecule has 0 spiro atoms. The van der Waals surface area contributed by atoms with Crippen LogP contribution in [0, 0.1) is 6.92 Å². The van der Waals surface area contributed by atoms with Crippen LogP contribution in [0.25, 0.3) is 0 Å². The summed E-state index contributed by atoms with van der Waals surface area (Å²) in [6, 6.07) is 0.856. The maximum Gasteiger partial charge on any atom is 0.416 e. The number of hydrogen-bond acceptors (Lipinski definition) is 5. The smallest absolute Gasteiger partial charge is 0.409 e. The van der Waals surface area contributed by atoms with Crippen LogP contribution in [-0.4, -0.2) is 30.8 Å². The van der Waals surface area contributed by atoms with E-state index in [1.54, 1.807) is 0 Å². The van der Waals surface area contributed by atoms with Crippen molar-refractivity contribution in [3.63, 3.8) is 0 Å². The molecule has 2 heterocycles. The number of alkyl halides is 3. The average Bonchev–Trinajstić information content (AvgIpc) is 2.84. The minimum Gasteiger partial charge on any atom is -0.409 e. The molecule has 0 aliphatic carbocycles. The molecule has 0 saturated carbocycles. The van der Waals surface area contributed by atoms with Crippen molar-refractivity contribution in [3.8, 4) is 0 Å². The van der Waals surface area contributed by atoms with Gasteiger partial charge in [0.05, 0.1) is 5.56 Å². The van der Waals surface area contributed by atoms with Gasteiger partial charge >= 0.3 is 6.18 Å². The van der Waals surface area contributed by atoms with E-state index in [1.807, 2.05) is 0 Å². The Bertz CT molecular complexity index is 606. The molecule has 0 radical (unpaired) electrons. The zero-order chi connectivity index (χ0) is 14.0. The van der Waals surface area contributed by atoms with E-state index in [0.717, 1.165) is 23.3 Å². The van der Waals surface area contributed by atoms with E-state index >= 15 is 0 Å². The molecule has 0 aromatic carbocycles. The quantitative estimate of drug-likeness (QED) is 0.370. The summed E-state index contributed by atoms with van der Waals surface area (Å²) in [5.41, 5.74) is -1.13. The summed E-state index contributed by atoms with van der Waals surface area (Å²) in [6.07, 6.45) is -1.16. The van der Waals surface area contributed by atoms with Crippen LogP contribution in [0.5, 0.6) is 0 Å². The third kappa shape index (κ3) is 2.39. The van der Waals surface area contributed by atoms with E-state index in [9.17, 15) is 13.2 Å². The van der Waals surface area contributed by atoms with E-state index < -0.39 is 11.7 Å². The van der Waals surface area contributed by atoms with Crippen LogP contribution in [0.15, 0.2) is 30.1 Å². The molecule has 2 aromatic heterocycles. The van der Waals surface area contributed by atoms with Crippen LogP contribution in [0.4, 0.5) is 13.2 Å². The van der Waals surface area contributed by atoms with Gasteiger partial charge in [0.25, 0.3) is 0 Å². The van der Waals surface area contributed by atoms with Gasteiger partial charge in [-0.2, -0.15) is 23.0 Å². The third-order valence-corrected chi connectivity index (χ3v) is 2.45. The Morgan fingerprint density at radius 2 is 2.16 bits per heavy atom. The molecular weight excluding hydrogens is 263 g/mol. The molecular formula is C10H8F3N5O. The fraction of sp³-hybridized carbons (Fsp3) is 0.200. The van der Waals surface area contributed by atoms with Gasteiger partial charge in [0.1, 0.15) is 18.3 Å². The van der Waals surface area contributed by atoms with Crippen molar-refractivity contribution in [3.05, 3.63) is 41.7 Å². The second kappa shape index (κ2) is 4.67. The highest BCUT2D eigenvalue weighted by molar-refractivity contribution is 5.99. The van der Waals surface area contributed by atoms with Crippen molar-refractivity contribution in [1.29, 1.82) is 0 Å². The fourth-order valence-corrected chi connectivity index (χ4v) is 1.59. The number of halogens is 3. The highest BCUT2D eigenvalue weighted by Gasteiger charge is 2.34. The third-order valence-electron chi connectivity index (χ3n) is 2.45. The van der Waals surface area contributed by atoms with Crippen molar-refractivity contribution in [2.75, 3.05) is 0 Å². The van der Waals surface area contributed by atoms with Gasteiger partial charge in [0.2, 0.25) is 5.84 Å². The lowest BCUT2D eigenvalue weighted by molar-refractivity contribution is -0.138. The number of oxime groups is 1. The second-order valence-electron chi connectivity index (χ2n) is 3.59. The lowest BCUT2D eigenvalue weighted by Gasteiger charge is -2.13. The Kier molecular flexibility index (Phi) is 3.19. The normalized spacial score (nSPS) is 12.7. The number of rotatable bonds is 1. The van der Waals surface area contributed by atoms with Crippen molar-refractivity contribution < 1.29 is 18.4 Å². The molecule has 0 atom stereocenters. The summed E-state index contributed by atoms with van der Waals surface area (Å²) in [6.45, 7) is 1.24. The minimum absolute atomic E-state index is 0.122. The molecule has 9 heteroatoms. The van der Waals surface area contributed by atoms with Crippen LogP contribution in [0.2, 0.25) is 0 Å². The number of nitrogens with zero attached hydrogens (tertiary/aromatic N) is 5. The molecule has 0 saturated heterocycles. The molecule has 0 aliphatic rings. The van der Waals surface area contributed by atoms with E-state index in [-0.39, 0.29) is 17.1 Å². The Balaban J connectivity index is 2.58. The van der Waals surface area contributed by atoms with E-state index in [4.69, 9.17) is 5.21 Å². The number of hydrogen-bond donors (Lipinski definition) is 1. The Morgan fingerprint density at radius 3 is 2.68 bits per heavy atom. The maximum absolute atomic E-state index is 12.8. The molecule has 6 nitrogen and oxygen atoms in total. The van der Waals surface area contributed by atoms with Crippen molar-refractivity contribution in [2.45, 2.75) is 13.1 Å². The van der Waals surface area contributed by atoms with Gasteiger partial charge in [-0.15, -0.1) is 0 Å². The first-order valence-corrected chi connectivity index (χ1v) is 5.05. The summed E-state index contributed by atoms with van der Waals surface area (Å²) >= 11 is 0. The summed E-state index contributed by atoms with van der Waals surface area (Å²) in [5, 5.41) is 15.6. The first-order valence-electron chi connectivity index (χ1n) is 5.05. The first kappa shape index (κ1) is 13.0. The molecule has 0 amide bonds. The standard InChI is InChI=1S/C10H8F3N5O/c1-6-7(10(11,12)13)2-3-15-8(6)9(17-19)18-5-14-4-16-18/h2-5,19H,1H3. The average molecular weight is 271 g/mol. The lowest BCUT2D eigenvalue weighted by Crippen LogP contribution is -2.20. The van der Waals surface area contributed by atoms with Crippen LogP contribution in [0.3, 0.4) is 0 Å². The van der Waals surface area contributed by atoms with Crippen LogP contribution >= 0.6 is 0 Å². The number of pyridine rings is 1. The molecule has 0 unspecified atom stereocenters. The van der Waals surface area contributed by atoms with E-state index in [1.165, 1.54) is 13.3 Å². The Labute approximate surface area is 105 Å². The largest absolute Gasteiger partial charge is 0.416 e. The molecule has 2 rings (SSSR count). The first-order chi connectivity index (χ1) is 8.95. The zero-order valence-corrected chi connectivity index (χ0v) is 9.63. The molecule has 2 aromatic rings. The minimum atomic E-state index is -4.51. The topological polar surface area (TPSA) is 76.2 Å². The van der Waals surface area contributed by atoms with Crippen LogP contribution < -0.4 is 0 Å². The summed E-state index contributed by atoms with van der Waals surface area (Å²) in [7, 11) is 0. The Morgan fingerprint density at radius 1 is 1.42 bits per heavy atom. The molecule has 0 fully saturated rings. The SMILES string of the molecule is Cc1c(C(F)(F)F)ccnc1C(=NO)n1cncn1. The predicted molar refractivity (Wildman–Crippen MR) is 57.7 cm³/mol. The second-order valence-corrected chi connectivity index (χ2v) is 3.59. The van der Waals surface area contributed by atoms with Gasteiger partial charge in [-0.3, -0.25) is 4.98 Å². The zero-order valence-electron chi connectivity index (χ0n) is 9.63. The van der Waals surface area contributed by atoms with Gasteiger partial charge in [-0.1, -0.05) is 5.16 Å². The van der Waals surface area contributed by atoms with Gasteiger partial charge in [0.15, 0.2) is 0 Å². The summed E-state index contributed by atoms with van der Waals surface area (Å²) in [5.74, 6) is -0.235. The van der Waals surface area contributed by atoms with Gasteiger partial charge in [-0.05, 0) is 18.6 Å². The predicted octanol–water partition coefficient (Wildman–Crippen LogP) is 1.68. The van der Waals surface area contributed by atoms with Crippen molar-refractivity contribution in [2.24, 2.45) is 5.16 Å². The lowest BCUT2D eigenvalue weighted by atomic mass is 10.1.